The highest BCUT2D eigenvalue weighted by Crippen LogP contribution is 2.59. The Hall–Kier alpha value is -3.92. The molecule has 43 heavy (non-hydrogen) atoms. The number of aromatic nitrogens is 1. The van der Waals surface area contributed by atoms with Crippen molar-refractivity contribution in [3.63, 3.8) is 0 Å². The number of carbonyl (C=O) groups is 2. The minimum Gasteiger partial charge on any atom is -0.497 e. The van der Waals surface area contributed by atoms with Gasteiger partial charge in [0.2, 0.25) is 5.91 Å². The minimum absolute atomic E-state index is 0.0299. The molecule has 0 bridgehead atoms. The second-order valence-electron chi connectivity index (χ2n) is 12.3. The average Bonchev–Trinajstić information content (AvgIpc) is 3.61. The van der Waals surface area contributed by atoms with Crippen LogP contribution in [0.5, 0.6) is 5.75 Å². The Morgan fingerprint density at radius 1 is 1.14 bits per heavy atom. The number of anilines is 2. The number of amides is 2. The number of para-hydroxylation sites is 1. The fourth-order valence-electron chi connectivity index (χ4n) is 7.55. The average molecular weight is 598 g/mol. The van der Waals surface area contributed by atoms with Crippen molar-refractivity contribution in [1.82, 2.24) is 4.98 Å². The van der Waals surface area contributed by atoms with Gasteiger partial charge < -0.3 is 29.8 Å². The summed E-state index contributed by atoms with van der Waals surface area (Å²) in [7, 11) is 1.19. The molecule has 3 aromatic carbocycles. The molecule has 9 heteroatoms. The van der Waals surface area contributed by atoms with Gasteiger partial charge in [0.1, 0.15) is 5.75 Å². The molecule has 2 amide bonds. The van der Waals surface area contributed by atoms with Crippen LogP contribution in [0.4, 0.5) is 11.4 Å². The van der Waals surface area contributed by atoms with E-state index in [0.29, 0.717) is 12.1 Å². The smallest absolute Gasteiger partial charge is 0.264 e. The molecular formula is C34H39N3O5Si. The molecular weight excluding hydrogens is 558 g/mol. The van der Waals surface area contributed by atoms with Crippen LogP contribution < -0.4 is 20.1 Å². The van der Waals surface area contributed by atoms with Crippen molar-refractivity contribution in [2.75, 3.05) is 31.0 Å². The van der Waals surface area contributed by atoms with Crippen molar-refractivity contribution in [3.8, 4) is 5.75 Å². The van der Waals surface area contributed by atoms with E-state index in [4.69, 9.17) is 9.47 Å². The Labute approximate surface area is 253 Å². The lowest BCUT2D eigenvalue weighted by atomic mass is 9.82. The maximum Gasteiger partial charge on any atom is 0.264 e. The summed E-state index contributed by atoms with van der Waals surface area (Å²) in [5.74, 6) is 0.387. The van der Waals surface area contributed by atoms with E-state index in [1.807, 2.05) is 60.8 Å². The Kier molecular flexibility index (Phi) is 7.44. The number of H-pyrrole nitrogens is 1. The first kappa shape index (κ1) is 29.2. The van der Waals surface area contributed by atoms with Crippen molar-refractivity contribution in [3.05, 3.63) is 84.1 Å². The molecule has 2 aliphatic heterocycles. The number of benzene rings is 3. The number of methoxy groups -OCH3 is 1. The zero-order valence-electron chi connectivity index (χ0n) is 25.3. The summed E-state index contributed by atoms with van der Waals surface area (Å²) >= 11 is 0. The topological polar surface area (TPSA) is 104 Å². The summed E-state index contributed by atoms with van der Waals surface area (Å²) in [6.07, 6.45) is 2.24. The van der Waals surface area contributed by atoms with Gasteiger partial charge >= 0.3 is 0 Å². The fraction of sp³-hybridized carbons (Fsp3) is 0.353. The van der Waals surface area contributed by atoms with E-state index < -0.39 is 13.7 Å². The molecule has 224 valence electrons. The largest absolute Gasteiger partial charge is 0.497 e. The van der Waals surface area contributed by atoms with Gasteiger partial charge in [0.15, 0.2) is 5.60 Å². The van der Waals surface area contributed by atoms with E-state index in [0.717, 1.165) is 33.5 Å². The van der Waals surface area contributed by atoms with Crippen LogP contribution in [0.15, 0.2) is 72.9 Å². The molecule has 4 atom stereocenters. The molecule has 0 radical (unpaired) electrons. The highest BCUT2D eigenvalue weighted by Gasteiger charge is 2.65. The van der Waals surface area contributed by atoms with E-state index in [1.165, 1.54) is 5.19 Å². The zero-order chi connectivity index (χ0) is 30.5. The van der Waals surface area contributed by atoms with Crippen molar-refractivity contribution < 1.29 is 24.2 Å². The maximum absolute atomic E-state index is 14.2. The van der Waals surface area contributed by atoms with E-state index >= 15 is 0 Å². The number of hydrogen-bond acceptors (Lipinski definition) is 5. The first-order chi connectivity index (χ1) is 20.6. The number of carbonyl (C=O) groups excluding carboxylic acids is 2. The monoisotopic (exact) mass is 597 g/mol. The quantitative estimate of drug-likeness (QED) is 0.250. The molecule has 1 aromatic heterocycles. The van der Waals surface area contributed by atoms with Crippen LogP contribution in [0.25, 0.3) is 10.9 Å². The fourth-order valence-corrected chi connectivity index (χ4v) is 11.6. The Balaban J connectivity index is 1.34. The van der Waals surface area contributed by atoms with E-state index in [1.54, 1.807) is 19.1 Å². The highest BCUT2D eigenvalue weighted by atomic mass is 28.3. The molecule has 4 aromatic rings. The standard InChI is InChI=1S/C34H39N3O5Si/c1-21-32(43(4,5)25-13-11-24(41-3)12-14-25)30(16-17-38)42-34(21)27-19-23(10-15-29(27)37(2)33(34)40)36-31(39)18-22-20-35-28-9-7-6-8-26(22)28/h6-15,19-21,30,32,35,38H,16-18H2,1-5H3,(H,36,39)/t21-,30+,32-,34+/m1/s1. The van der Waals surface area contributed by atoms with Crippen molar-refractivity contribution in [1.29, 1.82) is 0 Å². The van der Waals surface area contributed by atoms with Crippen LogP contribution in [-0.4, -0.2) is 56.8 Å². The maximum atomic E-state index is 14.2. The van der Waals surface area contributed by atoms with Crippen LogP contribution in [-0.2, 0) is 26.3 Å². The van der Waals surface area contributed by atoms with Gasteiger partial charge in [-0.1, -0.05) is 55.5 Å². The number of nitrogens with one attached hydrogen (secondary N) is 2. The summed E-state index contributed by atoms with van der Waals surface area (Å²) in [5.41, 5.74) is 2.93. The van der Waals surface area contributed by atoms with Gasteiger partial charge in [0.05, 0.1) is 33.4 Å². The number of aliphatic hydroxyl groups excluding tert-OH is 1. The van der Waals surface area contributed by atoms with Gasteiger partial charge in [-0.15, -0.1) is 0 Å². The molecule has 1 fully saturated rings. The minimum atomic E-state index is -2.25. The number of ether oxygens (including phenoxy) is 2. The van der Waals surface area contributed by atoms with Crippen molar-refractivity contribution in [2.45, 2.75) is 50.1 Å². The number of hydrogen-bond donors (Lipinski definition) is 3. The molecule has 2 aliphatic rings. The molecule has 0 unspecified atom stereocenters. The number of aromatic amines is 1. The third kappa shape index (κ3) is 4.66. The van der Waals surface area contributed by atoms with Gasteiger partial charge in [-0.05, 0) is 53.9 Å². The highest BCUT2D eigenvalue weighted by molar-refractivity contribution is 6.91. The lowest BCUT2D eigenvalue weighted by Gasteiger charge is -2.37. The van der Waals surface area contributed by atoms with Crippen LogP contribution in [0.2, 0.25) is 18.6 Å². The number of fused-ring (bicyclic) bond motifs is 3. The predicted molar refractivity (Wildman–Crippen MR) is 172 cm³/mol. The molecule has 0 saturated carbocycles. The second-order valence-corrected chi connectivity index (χ2v) is 17.0. The Morgan fingerprint density at radius 2 is 1.88 bits per heavy atom. The third-order valence-electron chi connectivity index (χ3n) is 9.69. The zero-order valence-corrected chi connectivity index (χ0v) is 26.3. The number of likely N-dealkylation sites (N-methyl/N-ethyl adjacent to an activating group) is 1. The Bertz CT molecular complexity index is 1680. The molecule has 6 rings (SSSR count). The summed E-state index contributed by atoms with van der Waals surface area (Å²) in [4.78, 5) is 32.2. The molecule has 3 heterocycles. The molecule has 1 spiro atoms. The molecule has 8 nitrogen and oxygen atoms in total. The van der Waals surface area contributed by atoms with E-state index in [9.17, 15) is 14.7 Å². The van der Waals surface area contributed by atoms with Crippen LogP contribution in [0.1, 0.15) is 24.5 Å². The normalized spacial score (nSPS) is 23.3. The number of aliphatic hydroxyl groups is 1. The van der Waals surface area contributed by atoms with E-state index in [-0.39, 0.29) is 42.4 Å². The molecule has 1 saturated heterocycles. The Morgan fingerprint density at radius 3 is 2.60 bits per heavy atom. The molecule has 0 aliphatic carbocycles. The van der Waals surface area contributed by atoms with Crippen LogP contribution in [0.3, 0.4) is 0 Å². The number of rotatable bonds is 8. The van der Waals surface area contributed by atoms with Gasteiger partial charge in [-0.3, -0.25) is 9.59 Å². The first-order valence-electron chi connectivity index (χ1n) is 14.8. The van der Waals surface area contributed by atoms with Crippen LogP contribution >= 0.6 is 0 Å². The van der Waals surface area contributed by atoms with Gasteiger partial charge in [-0.25, -0.2) is 0 Å². The second kappa shape index (κ2) is 11.0. The summed E-state index contributed by atoms with van der Waals surface area (Å²) in [5, 5.41) is 15.4. The van der Waals surface area contributed by atoms with Gasteiger partial charge in [0.25, 0.3) is 5.91 Å². The lowest BCUT2D eigenvalue weighted by molar-refractivity contribution is -0.145. The predicted octanol–water partition coefficient (Wildman–Crippen LogP) is 4.93. The van der Waals surface area contributed by atoms with Crippen molar-refractivity contribution in [2.24, 2.45) is 5.92 Å². The van der Waals surface area contributed by atoms with Gasteiger partial charge in [0, 0.05) is 47.9 Å². The first-order valence-corrected chi connectivity index (χ1v) is 17.9. The molecule has 3 N–H and O–H groups in total. The lowest BCUT2D eigenvalue weighted by Crippen LogP contribution is -2.51. The summed E-state index contributed by atoms with van der Waals surface area (Å²) in [6.45, 7) is 6.71. The van der Waals surface area contributed by atoms with Gasteiger partial charge in [-0.2, -0.15) is 0 Å². The SMILES string of the molecule is COc1ccc([Si](C)(C)[C@H]2[C@H](CCO)O[C@@]3(C(=O)N(C)c4ccc(NC(=O)Cc5c[nH]c6ccccc56)cc43)[C@@H]2C)cc1. The van der Waals surface area contributed by atoms with Crippen molar-refractivity contribution >= 4 is 47.4 Å². The van der Waals surface area contributed by atoms with E-state index in [2.05, 4.69) is 42.5 Å². The third-order valence-corrected chi connectivity index (χ3v) is 14.0. The number of nitrogens with zero attached hydrogens (tertiary/aromatic N) is 1. The summed E-state index contributed by atoms with van der Waals surface area (Å²) in [6, 6.07) is 21.8. The summed E-state index contributed by atoms with van der Waals surface area (Å²) < 4.78 is 12.3. The van der Waals surface area contributed by atoms with Crippen LogP contribution in [0, 0.1) is 5.92 Å².